The summed E-state index contributed by atoms with van der Waals surface area (Å²) in [7, 11) is 0. The molecule has 1 aliphatic rings. The van der Waals surface area contributed by atoms with Gasteiger partial charge in [0.1, 0.15) is 0 Å². The van der Waals surface area contributed by atoms with Crippen LogP contribution in [0.4, 0.5) is 0 Å². The van der Waals surface area contributed by atoms with Gasteiger partial charge in [0.25, 0.3) is 0 Å². The van der Waals surface area contributed by atoms with Gasteiger partial charge >= 0.3 is 0 Å². The summed E-state index contributed by atoms with van der Waals surface area (Å²) in [5.74, 6) is 0.236. The molecule has 0 saturated heterocycles. The number of rotatable bonds is 3. The van der Waals surface area contributed by atoms with Gasteiger partial charge in [0.2, 0.25) is 0 Å². The Hall–Kier alpha value is -1.89. The number of carbonyl (C=O) groups excluding carboxylic acids is 1. The smallest absolute Gasteiger partial charge is 0.167 e. The zero-order valence-electron chi connectivity index (χ0n) is 13.1. The number of fused-ring (bicyclic) bond motifs is 1. The second-order valence-corrected chi connectivity index (χ2v) is 6.31. The standard InChI is InChI=1S/C20H22O/c1-13-9-14(2)19(15(3)10-13)12-20(21)18-8-7-16-5-4-6-17(16)11-18/h7-11H,4-6,12H2,1-3H3. The fourth-order valence-electron chi connectivity index (χ4n) is 3.50. The summed E-state index contributed by atoms with van der Waals surface area (Å²) in [6, 6.07) is 10.6. The van der Waals surface area contributed by atoms with Crippen molar-refractivity contribution in [2.24, 2.45) is 0 Å². The fraction of sp³-hybridized carbons (Fsp3) is 0.350. The van der Waals surface area contributed by atoms with Crippen LogP contribution in [0.3, 0.4) is 0 Å². The van der Waals surface area contributed by atoms with Gasteiger partial charge in [0.05, 0.1) is 0 Å². The topological polar surface area (TPSA) is 17.1 Å². The third-order valence-electron chi connectivity index (χ3n) is 4.60. The van der Waals surface area contributed by atoms with E-state index in [0.717, 1.165) is 12.0 Å². The molecule has 0 saturated carbocycles. The van der Waals surface area contributed by atoms with E-state index in [2.05, 4.69) is 45.0 Å². The summed E-state index contributed by atoms with van der Waals surface area (Å²) in [5, 5.41) is 0. The van der Waals surface area contributed by atoms with E-state index in [9.17, 15) is 4.79 Å². The van der Waals surface area contributed by atoms with Crippen molar-refractivity contribution in [3.05, 3.63) is 69.3 Å². The average Bonchev–Trinajstić information content (AvgIpc) is 2.89. The Bertz CT molecular complexity index is 687. The van der Waals surface area contributed by atoms with E-state index >= 15 is 0 Å². The van der Waals surface area contributed by atoms with E-state index in [-0.39, 0.29) is 5.78 Å². The summed E-state index contributed by atoms with van der Waals surface area (Å²) < 4.78 is 0. The van der Waals surface area contributed by atoms with Gasteiger partial charge < -0.3 is 0 Å². The van der Waals surface area contributed by atoms with Crippen molar-refractivity contribution in [3.8, 4) is 0 Å². The van der Waals surface area contributed by atoms with Crippen molar-refractivity contribution in [2.75, 3.05) is 0 Å². The van der Waals surface area contributed by atoms with Crippen LogP contribution >= 0.6 is 0 Å². The van der Waals surface area contributed by atoms with E-state index in [1.807, 2.05) is 6.07 Å². The molecule has 1 aliphatic carbocycles. The van der Waals surface area contributed by atoms with Gasteiger partial charge in [-0.25, -0.2) is 0 Å². The summed E-state index contributed by atoms with van der Waals surface area (Å²) in [6.07, 6.45) is 4.03. The number of hydrogen-bond acceptors (Lipinski definition) is 1. The fourth-order valence-corrected chi connectivity index (χ4v) is 3.50. The van der Waals surface area contributed by atoms with Gasteiger partial charge in [-0.05, 0) is 73.9 Å². The van der Waals surface area contributed by atoms with Crippen LogP contribution in [0.2, 0.25) is 0 Å². The van der Waals surface area contributed by atoms with Gasteiger partial charge in [0.15, 0.2) is 5.78 Å². The maximum atomic E-state index is 12.6. The van der Waals surface area contributed by atoms with Crippen LogP contribution in [-0.4, -0.2) is 5.78 Å². The number of hydrogen-bond donors (Lipinski definition) is 0. The van der Waals surface area contributed by atoms with Crippen molar-refractivity contribution in [3.63, 3.8) is 0 Å². The van der Waals surface area contributed by atoms with Crippen LogP contribution in [0.25, 0.3) is 0 Å². The van der Waals surface area contributed by atoms with E-state index in [0.29, 0.717) is 6.42 Å². The van der Waals surface area contributed by atoms with Crippen molar-refractivity contribution in [2.45, 2.75) is 46.5 Å². The first-order valence-corrected chi connectivity index (χ1v) is 7.76. The predicted octanol–water partition coefficient (Wildman–Crippen LogP) is 4.53. The molecule has 0 N–H and O–H groups in total. The zero-order valence-corrected chi connectivity index (χ0v) is 13.1. The van der Waals surface area contributed by atoms with Gasteiger partial charge in [-0.15, -0.1) is 0 Å². The Morgan fingerprint density at radius 1 is 0.952 bits per heavy atom. The number of benzene rings is 2. The molecule has 2 aromatic carbocycles. The largest absolute Gasteiger partial charge is 0.294 e. The maximum absolute atomic E-state index is 12.6. The van der Waals surface area contributed by atoms with Crippen LogP contribution in [0.5, 0.6) is 0 Å². The van der Waals surface area contributed by atoms with Gasteiger partial charge in [-0.2, -0.15) is 0 Å². The molecule has 0 aromatic heterocycles. The molecule has 21 heavy (non-hydrogen) atoms. The number of Topliss-reactive ketones (excluding diaryl/α,β-unsaturated/α-hetero) is 1. The molecule has 3 rings (SSSR count). The average molecular weight is 278 g/mol. The molecule has 1 heteroatoms. The third kappa shape index (κ3) is 2.78. The van der Waals surface area contributed by atoms with Gasteiger partial charge in [-0.3, -0.25) is 4.79 Å². The first kappa shape index (κ1) is 14.1. The van der Waals surface area contributed by atoms with Crippen LogP contribution in [0, 0.1) is 20.8 Å². The van der Waals surface area contributed by atoms with E-state index in [4.69, 9.17) is 0 Å². The van der Waals surface area contributed by atoms with Crippen LogP contribution in [0.15, 0.2) is 30.3 Å². The zero-order chi connectivity index (χ0) is 15.0. The monoisotopic (exact) mass is 278 g/mol. The molecule has 0 atom stereocenters. The Morgan fingerprint density at radius 3 is 2.33 bits per heavy atom. The quantitative estimate of drug-likeness (QED) is 0.754. The molecular formula is C20H22O. The van der Waals surface area contributed by atoms with Crippen molar-refractivity contribution in [1.82, 2.24) is 0 Å². The van der Waals surface area contributed by atoms with Crippen molar-refractivity contribution >= 4 is 5.78 Å². The second-order valence-electron chi connectivity index (χ2n) is 6.31. The number of ketones is 1. The van der Waals surface area contributed by atoms with E-state index < -0.39 is 0 Å². The lowest BCUT2D eigenvalue weighted by molar-refractivity contribution is 0.0992. The Morgan fingerprint density at radius 2 is 1.62 bits per heavy atom. The highest BCUT2D eigenvalue weighted by Gasteiger charge is 2.15. The third-order valence-corrected chi connectivity index (χ3v) is 4.60. The van der Waals surface area contributed by atoms with Gasteiger partial charge in [0, 0.05) is 12.0 Å². The Kier molecular flexibility index (Phi) is 3.67. The molecule has 108 valence electrons. The minimum Gasteiger partial charge on any atom is -0.294 e. The Balaban J connectivity index is 1.87. The number of aryl methyl sites for hydroxylation is 5. The highest BCUT2D eigenvalue weighted by atomic mass is 16.1. The molecule has 0 radical (unpaired) electrons. The van der Waals surface area contributed by atoms with Crippen LogP contribution in [-0.2, 0) is 19.3 Å². The van der Waals surface area contributed by atoms with Crippen LogP contribution in [0.1, 0.15) is 50.2 Å². The molecule has 1 nitrogen and oxygen atoms in total. The molecule has 0 heterocycles. The first-order chi connectivity index (χ1) is 10.0. The first-order valence-electron chi connectivity index (χ1n) is 7.76. The summed E-state index contributed by atoms with van der Waals surface area (Å²) in [6.45, 7) is 6.31. The SMILES string of the molecule is Cc1cc(C)c(CC(=O)c2ccc3c(c2)CCC3)c(C)c1. The molecule has 0 amide bonds. The maximum Gasteiger partial charge on any atom is 0.167 e. The molecule has 0 bridgehead atoms. The summed E-state index contributed by atoms with van der Waals surface area (Å²) in [4.78, 5) is 12.6. The normalized spacial score (nSPS) is 13.3. The van der Waals surface area contributed by atoms with Crippen molar-refractivity contribution in [1.29, 1.82) is 0 Å². The molecule has 2 aromatic rings. The van der Waals surface area contributed by atoms with Crippen molar-refractivity contribution < 1.29 is 4.79 Å². The lowest BCUT2D eigenvalue weighted by atomic mass is 9.93. The van der Waals surface area contributed by atoms with Gasteiger partial charge in [-0.1, -0.05) is 29.8 Å². The minimum absolute atomic E-state index is 0.236. The number of carbonyl (C=O) groups is 1. The predicted molar refractivity (Wildman–Crippen MR) is 87.2 cm³/mol. The molecule has 0 fully saturated rings. The lowest BCUT2D eigenvalue weighted by Gasteiger charge is -2.11. The molecule has 0 unspecified atom stereocenters. The summed E-state index contributed by atoms with van der Waals surface area (Å²) >= 11 is 0. The lowest BCUT2D eigenvalue weighted by Crippen LogP contribution is -2.07. The highest BCUT2D eigenvalue weighted by molar-refractivity contribution is 5.98. The van der Waals surface area contributed by atoms with E-state index in [1.54, 1.807) is 0 Å². The highest BCUT2D eigenvalue weighted by Crippen LogP contribution is 2.24. The van der Waals surface area contributed by atoms with Crippen LogP contribution < -0.4 is 0 Å². The minimum atomic E-state index is 0.236. The Labute approximate surface area is 127 Å². The molecule has 0 aliphatic heterocycles. The van der Waals surface area contributed by atoms with E-state index in [1.165, 1.54) is 46.2 Å². The molecular weight excluding hydrogens is 256 g/mol. The summed E-state index contributed by atoms with van der Waals surface area (Å²) in [5.41, 5.74) is 8.57. The second kappa shape index (κ2) is 5.48. The molecule has 0 spiro atoms.